The molecular weight excluding hydrogens is 445 g/mol. The summed E-state index contributed by atoms with van der Waals surface area (Å²) in [6.07, 6.45) is 9.96. The maximum absolute atomic E-state index is 13.5. The summed E-state index contributed by atoms with van der Waals surface area (Å²) >= 11 is 0. The molecule has 0 bridgehead atoms. The lowest BCUT2D eigenvalue weighted by Crippen LogP contribution is -2.42. The number of hydrogen-bond acceptors (Lipinski definition) is 5. The second-order valence-corrected chi connectivity index (χ2v) is 9.07. The Balaban J connectivity index is 1.76. The third-order valence-electron chi connectivity index (χ3n) is 6.36. The number of hydrogen-bond donors (Lipinski definition) is 3. The number of piperidine rings is 1. The van der Waals surface area contributed by atoms with E-state index in [1.54, 1.807) is 6.20 Å². The Morgan fingerprint density at radius 1 is 1.46 bits per heavy atom. The molecule has 1 aliphatic heterocycles. The van der Waals surface area contributed by atoms with E-state index in [0.29, 0.717) is 18.0 Å². The smallest absolute Gasteiger partial charge is 0.265 e. The van der Waals surface area contributed by atoms with Crippen LogP contribution < -0.4 is 16.8 Å². The van der Waals surface area contributed by atoms with Gasteiger partial charge in [-0.1, -0.05) is 31.9 Å². The van der Waals surface area contributed by atoms with Gasteiger partial charge in [0.1, 0.15) is 5.65 Å². The lowest BCUT2D eigenvalue weighted by molar-refractivity contribution is -0.00865. The van der Waals surface area contributed by atoms with Crippen molar-refractivity contribution in [3.8, 4) is 0 Å². The average Bonchev–Trinajstić information content (AvgIpc) is 3.25. The molecule has 0 aliphatic carbocycles. The minimum atomic E-state index is -2.84. The van der Waals surface area contributed by atoms with E-state index in [0.717, 1.165) is 59.7 Å². The van der Waals surface area contributed by atoms with E-state index in [1.165, 1.54) is 6.92 Å². The Hall–Kier alpha value is -3.20. The maximum atomic E-state index is 13.5. The number of alkyl halides is 2. The second-order valence-electron chi connectivity index (χ2n) is 9.07. The summed E-state index contributed by atoms with van der Waals surface area (Å²) in [6.45, 7) is 17.3. The van der Waals surface area contributed by atoms with Gasteiger partial charge in [0.25, 0.3) is 13.2 Å². The third kappa shape index (κ3) is 6.48. The van der Waals surface area contributed by atoms with E-state index in [2.05, 4.69) is 44.9 Å². The lowest BCUT2D eigenvalue weighted by atomic mass is 9.71. The van der Waals surface area contributed by atoms with Gasteiger partial charge >= 0.3 is 0 Å². The van der Waals surface area contributed by atoms with Gasteiger partial charge in [-0.05, 0) is 62.5 Å². The minimum Gasteiger partial charge on any atom is -0.377 e. The Labute approximate surface area is 207 Å². The fraction of sp³-hybridized carbons (Fsp3) is 0.385. The Morgan fingerprint density at radius 2 is 2.20 bits per heavy atom. The summed E-state index contributed by atoms with van der Waals surface area (Å²) in [7, 11) is 1.84. The van der Waals surface area contributed by atoms with Crippen LogP contribution in [-0.4, -0.2) is 51.7 Å². The summed E-state index contributed by atoms with van der Waals surface area (Å²) in [5, 5.41) is 3.72. The SMILES string of the molecule is C=C(N[C@H](C)C(C)(F)F)/C(C)=C/C=C1/CCC(CCN)N(C(=C)[B]c2ncc3cc[nH]c3n2)C1=C. The molecule has 1 aliphatic rings. The standard InChI is InChI=1S/C26H34BF2N6/c1-16(17(2)33-19(4)26(6,28)29)7-8-21-9-10-23(11-13-30)35(18(21)3)20(5)27-25-32-15-22-12-14-31-24(22)34-25/h7-8,12,14-15,19,23,33H,2-3,5,9-11,13,30H2,1,4,6H3,(H,31,32,34)/b16-7+,21-8-/t19-,23?/m1/s1. The van der Waals surface area contributed by atoms with Gasteiger partial charge in [-0.3, -0.25) is 4.98 Å². The molecule has 0 amide bonds. The fourth-order valence-electron chi connectivity index (χ4n) is 3.99. The Bertz CT molecular complexity index is 1160. The molecule has 35 heavy (non-hydrogen) atoms. The van der Waals surface area contributed by atoms with Crippen LogP contribution >= 0.6 is 0 Å². The highest BCUT2D eigenvalue weighted by atomic mass is 19.3. The van der Waals surface area contributed by atoms with Crippen LogP contribution in [0.2, 0.25) is 0 Å². The fourth-order valence-corrected chi connectivity index (χ4v) is 3.99. The van der Waals surface area contributed by atoms with Gasteiger partial charge in [-0.15, -0.1) is 0 Å². The van der Waals surface area contributed by atoms with E-state index >= 15 is 0 Å². The predicted molar refractivity (Wildman–Crippen MR) is 140 cm³/mol. The van der Waals surface area contributed by atoms with Crippen molar-refractivity contribution in [2.24, 2.45) is 5.73 Å². The number of nitrogens with zero attached hydrogens (tertiary/aromatic N) is 3. The van der Waals surface area contributed by atoms with Crippen molar-refractivity contribution in [3.05, 3.63) is 78.5 Å². The first-order valence-corrected chi connectivity index (χ1v) is 11.7. The van der Waals surface area contributed by atoms with Crippen LogP contribution in [0.4, 0.5) is 8.78 Å². The number of nitrogens with two attached hydrogens (primary N) is 1. The molecule has 2 aromatic rings. The van der Waals surface area contributed by atoms with Gasteiger partial charge in [0.05, 0.1) is 11.8 Å². The molecule has 3 heterocycles. The number of nitrogens with one attached hydrogen (secondary N) is 2. The first-order chi connectivity index (χ1) is 16.5. The predicted octanol–water partition coefficient (Wildman–Crippen LogP) is 4.11. The van der Waals surface area contributed by atoms with Crippen LogP contribution in [-0.2, 0) is 0 Å². The zero-order valence-corrected chi connectivity index (χ0v) is 20.7. The molecule has 6 nitrogen and oxygen atoms in total. The molecule has 2 aromatic heterocycles. The molecule has 3 rings (SSSR count). The molecule has 9 heteroatoms. The molecule has 1 fully saturated rings. The van der Waals surface area contributed by atoms with Crippen molar-refractivity contribution < 1.29 is 8.78 Å². The monoisotopic (exact) mass is 479 g/mol. The highest BCUT2D eigenvalue weighted by Gasteiger charge is 2.31. The van der Waals surface area contributed by atoms with Crippen LogP contribution in [0.3, 0.4) is 0 Å². The Morgan fingerprint density at radius 3 is 2.89 bits per heavy atom. The van der Waals surface area contributed by atoms with Gasteiger partial charge < -0.3 is 20.9 Å². The summed E-state index contributed by atoms with van der Waals surface area (Å²) in [5.41, 5.74) is 11.0. The van der Waals surface area contributed by atoms with E-state index in [9.17, 15) is 8.78 Å². The molecular formula is C26H34BF2N6. The largest absolute Gasteiger partial charge is 0.377 e. The third-order valence-corrected chi connectivity index (χ3v) is 6.36. The van der Waals surface area contributed by atoms with Gasteiger partial charge in [0.15, 0.2) is 0 Å². The van der Waals surface area contributed by atoms with Crippen LogP contribution in [0.15, 0.2) is 78.5 Å². The van der Waals surface area contributed by atoms with Crippen molar-refractivity contribution in [2.45, 2.75) is 58.0 Å². The van der Waals surface area contributed by atoms with Gasteiger partial charge in [-0.25, -0.2) is 13.8 Å². The number of halogens is 2. The maximum Gasteiger partial charge on any atom is 0.265 e. The molecule has 0 spiro atoms. The van der Waals surface area contributed by atoms with E-state index < -0.39 is 12.0 Å². The Kier molecular flexibility index (Phi) is 8.32. The van der Waals surface area contributed by atoms with Crippen molar-refractivity contribution in [1.29, 1.82) is 0 Å². The summed E-state index contributed by atoms with van der Waals surface area (Å²) in [5.74, 6) is -2.84. The van der Waals surface area contributed by atoms with Crippen LogP contribution in [0, 0.1) is 0 Å². The average molecular weight is 479 g/mol. The molecule has 1 radical (unpaired) electrons. The zero-order valence-electron chi connectivity index (χ0n) is 20.7. The van der Waals surface area contributed by atoms with Crippen LogP contribution in [0.1, 0.15) is 40.0 Å². The summed E-state index contributed by atoms with van der Waals surface area (Å²) in [4.78, 5) is 14.2. The van der Waals surface area contributed by atoms with Gasteiger partial charge in [0, 0.05) is 42.1 Å². The minimum absolute atomic E-state index is 0.164. The highest BCUT2D eigenvalue weighted by molar-refractivity contribution is 6.58. The normalized spacial score (nSPS) is 19.2. The topological polar surface area (TPSA) is 82.9 Å². The molecule has 1 saturated heterocycles. The molecule has 1 unspecified atom stereocenters. The molecule has 0 saturated carbocycles. The number of rotatable bonds is 10. The second kappa shape index (κ2) is 11.0. The number of fused-ring (bicyclic) bond motifs is 1. The zero-order chi connectivity index (χ0) is 25.8. The van der Waals surface area contributed by atoms with Crippen LogP contribution in [0.5, 0.6) is 0 Å². The quantitative estimate of drug-likeness (QED) is 0.353. The highest BCUT2D eigenvalue weighted by Crippen LogP contribution is 2.33. The number of H-pyrrole nitrogens is 1. The first kappa shape index (κ1) is 26.4. The summed E-state index contributed by atoms with van der Waals surface area (Å²) in [6, 6.07) is 1.06. The number of aromatic amines is 1. The van der Waals surface area contributed by atoms with E-state index in [4.69, 9.17) is 5.73 Å². The molecule has 0 aromatic carbocycles. The van der Waals surface area contributed by atoms with Crippen molar-refractivity contribution in [1.82, 2.24) is 25.2 Å². The van der Waals surface area contributed by atoms with Crippen molar-refractivity contribution in [3.63, 3.8) is 0 Å². The molecule has 185 valence electrons. The van der Waals surface area contributed by atoms with Crippen molar-refractivity contribution >= 4 is 24.0 Å². The molecule has 2 atom stereocenters. The van der Waals surface area contributed by atoms with E-state index in [-0.39, 0.29) is 6.04 Å². The number of aromatic nitrogens is 3. The summed E-state index contributed by atoms with van der Waals surface area (Å²) < 4.78 is 27.0. The van der Waals surface area contributed by atoms with Gasteiger partial charge in [0.2, 0.25) is 0 Å². The van der Waals surface area contributed by atoms with Gasteiger partial charge in [-0.2, -0.15) is 0 Å². The van der Waals surface area contributed by atoms with E-state index in [1.807, 2.05) is 38.6 Å². The van der Waals surface area contributed by atoms with Crippen molar-refractivity contribution in [2.75, 3.05) is 6.54 Å². The lowest BCUT2D eigenvalue weighted by Gasteiger charge is -2.41. The first-order valence-electron chi connectivity index (χ1n) is 11.7. The molecule has 4 N–H and O–H groups in total. The number of allylic oxidation sites excluding steroid dienone is 4. The number of likely N-dealkylation sites (tertiary alicyclic amines) is 1. The van der Waals surface area contributed by atoms with Crippen LogP contribution in [0.25, 0.3) is 11.0 Å².